The van der Waals surface area contributed by atoms with E-state index in [1.807, 2.05) is 37.1 Å². The molecule has 1 saturated carbocycles. The first-order valence-electron chi connectivity index (χ1n) is 11.9. The normalized spacial score (nSPS) is 14.4. The summed E-state index contributed by atoms with van der Waals surface area (Å²) in [6, 6.07) is 10.5. The zero-order valence-corrected chi connectivity index (χ0v) is 20.3. The van der Waals surface area contributed by atoms with Gasteiger partial charge in [-0.3, -0.25) is 4.79 Å². The van der Waals surface area contributed by atoms with Gasteiger partial charge in [0.05, 0.1) is 6.54 Å². The first kappa shape index (κ1) is 24.8. The molecule has 180 valence electrons. The number of hydrogen-bond donors (Lipinski definition) is 0. The topological polar surface area (TPSA) is 48.8 Å². The molecule has 0 bridgehead atoms. The molecule has 7 heteroatoms. The second kappa shape index (κ2) is 11.3. The fourth-order valence-electron chi connectivity index (χ4n) is 4.49. The zero-order chi connectivity index (χ0) is 24.0. The van der Waals surface area contributed by atoms with E-state index in [-0.39, 0.29) is 36.4 Å². The van der Waals surface area contributed by atoms with Crippen LogP contribution in [-0.2, 0) is 17.9 Å². The number of aromatic nitrogens is 1. The molecule has 0 saturated heterocycles. The van der Waals surface area contributed by atoms with Crippen LogP contribution in [0.25, 0.3) is 0 Å². The number of rotatable bonds is 8. The maximum Gasteiger partial charge on any atom is 0.320 e. The largest absolute Gasteiger partial charge is 0.345 e. The Kier molecular flexibility index (Phi) is 8.53. The number of halogens is 1. The van der Waals surface area contributed by atoms with Gasteiger partial charge in [0.25, 0.3) is 0 Å². The van der Waals surface area contributed by atoms with Gasteiger partial charge >= 0.3 is 6.03 Å². The molecule has 0 aliphatic heterocycles. The quantitative estimate of drug-likeness (QED) is 0.577. The molecule has 3 rings (SSSR count). The Morgan fingerprint density at radius 3 is 2.33 bits per heavy atom. The highest BCUT2D eigenvalue weighted by atomic mass is 19.1. The van der Waals surface area contributed by atoms with E-state index in [2.05, 4.69) is 4.57 Å². The van der Waals surface area contributed by atoms with E-state index in [0.29, 0.717) is 13.1 Å². The van der Waals surface area contributed by atoms with Crippen LogP contribution >= 0.6 is 0 Å². The summed E-state index contributed by atoms with van der Waals surface area (Å²) < 4.78 is 15.4. The van der Waals surface area contributed by atoms with Crippen LogP contribution in [0.15, 0.2) is 42.6 Å². The van der Waals surface area contributed by atoms with Crippen LogP contribution in [-0.4, -0.2) is 63.9 Å². The summed E-state index contributed by atoms with van der Waals surface area (Å²) in [5, 5.41) is 0. The van der Waals surface area contributed by atoms with Gasteiger partial charge in [-0.25, -0.2) is 9.18 Å². The number of urea groups is 1. The fourth-order valence-corrected chi connectivity index (χ4v) is 4.49. The third-order valence-electron chi connectivity index (χ3n) is 6.42. The van der Waals surface area contributed by atoms with Crippen molar-refractivity contribution in [2.75, 3.05) is 20.6 Å². The van der Waals surface area contributed by atoms with Crippen molar-refractivity contribution in [3.05, 3.63) is 59.7 Å². The Bertz CT molecular complexity index is 917. The minimum Gasteiger partial charge on any atom is -0.345 e. The Morgan fingerprint density at radius 1 is 1.06 bits per heavy atom. The second-order valence-corrected chi connectivity index (χ2v) is 9.47. The van der Waals surface area contributed by atoms with Crippen LogP contribution in [0.1, 0.15) is 57.2 Å². The lowest BCUT2D eigenvalue weighted by Crippen LogP contribution is -2.51. The molecule has 33 heavy (non-hydrogen) atoms. The van der Waals surface area contributed by atoms with Crippen LogP contribution in [0.5, 0.6) is 0 Å². The molecule has 1 heterocycles. The lowest BCUT2D eigenvalue weighted by Gasteiger charge is -2.37. The average molecular weight is 457 g/mol. The molecule has 6 nitrogen and oxygen atoms in total. The summed E-state index contributed by atoms with van der Waals surface area (Å²) in [6.07, 6.45) is 7.43. The van der Waals surface area contributed by atoms with Gasteiger partial charge in [-0.15, -0.1) is 0 Å². The number of carbonyl (C=O) groups is 2. The summed E-state index contributed by atoms with van der Waals surface area (Å²) in [4.78, 5) is 31.4. The van der Waals surface area contributed by atoms with Crippen LogP contribution in [0.4, 0.5) is 9.18 Å². The Balaban J connectivity index is 1.80. The Hall–Kier alpha value is -2.83. The van der Waals surface area contributed by atoms with Crippen molar-refractivity contribution < 1.29 is 14.0 Å². The zero-order valence-electron chi connectivity index (χ0n) is 20.3. The lowest BCUT2D eigenvalue weighted by atomic mass is 9.94. The standard InChI is InChI=1S/C26H37FN4O2/c1-20(2)30(26(33)28(3)4)19-25(32)31(23-9-6-5-7-10-23)18-24-11-8-16-29(24)17-21-12-14-22(27)15-13-21/h8,11-16,20,23H,5-7,9-10,17-19H2,1-4H3. The Labute approximate surface area is 197 Å². The van der Waals surface area contributed by atoms with E-state index in [4.69, 9.17) is 0 Å². The van der Waals surface area contributed by atoms with Crippen molar-refractivity contribution in [1.29, 1.82) is 0 Å². The molecular weight excluding hydrogens is 419 g/mol. The van der Waals surface area contributed by atoms with Gasteiger partial charge in [0.2, 0.25) is 5.91 Å². The Morgan fingerprint density at radius 2 is 1.73 bits per heavy atom. The summed E-state index contributed by atoms with van der Waals surface area (Å²) in [6.45, 7) is 5.07. The number of nitrogens with zero attached hydrogens (tertiary/aromatic N) is 4. The van der Waals surface area contributed by atoms with Crippen molar-refractivity contribution in [2.45, 2.75) is 71.1 Å². The molecule has 2 aromatic rings. The molecule has 1 aliphatic rings. The van der Waals surface area contributed by atoms with Crippen molar-refractivity contribution >= 4 is 11.9 Å². The van der Waals surface area contributed by atoms with Crippen molar-refractivity contribution in [1.82, 2.24) is 19.3 Å². The van der Waals surface area contributed by atoms with Gasteiger partial charge in [0.15, 0.2) is 0 Å². The van der Waals surface area contributed by atoms with Gasteiger partial charge in [0, 0.05) is 44.6 Å². The molecule has 1 aromatic carbocycles. The number of amides is 3. The average Bonchev–Trinajstić information content (AvgIpc) is 3.23. The minimum atomic E-state index is -0.248. The van der Waals surface area contributed by atoms with Crippen molar-refractivity contribution in [3.63, 3.8) is 0 Å². The van der Waals surface area contributed by atoms with Crippen LogP contribution < -0.4 is 0 Å². The van der Waals surface area contributed by atoms with Crippen LogP contribution in [0, 0.1) is 5.82 Å². The molecule has 0 radical (unpaired) electrons. The van der Waals surface area contributed by atoms with Crippen LogP contribution in [0.3, 0.4) is 0 Å². The highest BCUT2D eigenvalue weighted by Gasteiger charge is 2.30. The third kappa shape index (κ3) is 6.59. The highest BCUT2D eigenvalue weighted by Crippen LogP contribution is 2.25. The summed E-state index contributed by atoms with van der Waals surface area (Å²) >= 11 is 0. The summed E-state index contributed by atoms with van der Waals surface area (Å²) in [5.74, 6) is -0.261. The maximum absolute atomic E-state index is 13.6. The monoisotopic (exact) mass is 456 g/mol. The first-order chi connectivity index (χ1) is 15.8. The van der Waals surface area contributed by atoms with E-state index in [0.717, 1.165) is 36.9 Å². The molecule has 1 aliphatic carbocycles. The fraction of sp³-hybridized carbons (Fsp3) is 0.538. The van der Waals surface area contributed by atoms with Gasteiger partial charge in [0.1, 0.15) is 12.4 Å². The van der Waals surface area contributed by atoms with Gasteiger partial charge in [-0.05, 0) is 56.5 Å². The van der Waals surface area contributed by atoms with Crippen LogP contribution in [0.2, 0.25) is 0 Å². The second-order valence-electron chi connectivity index (χ2n) is 9.47. The predicted molar refractivity (Wildman–Crippen MR) is 128 cm³/mol. The van der Waals surface area contributed by atoms with E-state index in [1.54, 1.807) is 31.1 Å². The lowest BCUT2D eigenvalue weighted by molar-refractivity contribution is -0.136. The molecule has 0 spiro atoms. The molecule has 0 atom stereocenters. The summed E-state index contributed by atoms with van der Waals surface area (Å²) in [7, 11) is 3.42. The molecule has 1 fully saturated rings. The predicted octanol–water partition coefficient (Wildman–Crippen LogP) is 4.73. The van der Waals surface area contributed by atoms with Crippen molar-refractivity contribution in [2.24, 2.45) is 0 Å². The highest BCUT2D eigenvalue weighted by molar-refractivity contribution is 5.84. The number of carbonyl (C=O) groups excluding carboxylic acids is 2. The number of benzene rings is 1. The molecule has 1 aromatic heterocycles. The number of hydrogen-bond acceptors (Lipinski definition) is 2. The molecule has 0 N–H and O–H groups in total. The van der Waals surface area contributed by atoms with Crippen molar-refractivity contribution in [3.8, 4) is 0 Å². The molecule has 0 unspecified atom stereocenters. The van der Waals surface area contributed by atoms with E-state index < -0.39 is 0 Å². The summed E-state index contributed by atoms with van der Waals surface area (Å²) in [5.41, 5.74) is 2.04. The molecule has 3 amide bonds. The minimum absolute atomic E-state index is 0.0136. The molecular formula is C26H37FN4O2. The smallest absolute Gasteiger partial charge is 0.320 e. The third-order valence-corrected chi connectivity index (χ3v) is 6.42. The maximum atomic E-state index is 13.6. The van der Waals surface area contributed by atoms with E-state index in [9.17, 15) is 14.0 Å². The first-order valence-corrected chi connectivity index (χ1v) is 11.9. The van der Waals surface area contributed by atoms with Gasteiger partial charge < -0.3 is 19.3 Å². The SMILES string of the molecule is CC(C)N(CC(=O)N(Cc1cccn1Cc1ccc(F)cc1)C1CCCCC1)C(=O)N(C)C. The van der Waals surface area contributed by atoms with E-state index >= 15 is 0 Å². The van der Waals surface area contributed by atoms with E-state index in [1.165, 1.54) is 23.5 Å². The van der Waals surface area contributed by atoms with Gasteiger partial charge in [-0.2, -0.15) is 0 Å². The van der Waals surface area contributed by atoms with Gasteiger partial charge in [-0.1, -0.05) is 31.4 Å².